The molecule has 134 valence electrons. The Morgan fingerprint density at radius 1 is 1.15 bits per heavy atom. The van der Waals surface area contributed by atoms with Crippen LogP contribution in [0.3, 0.4) is 0 Å². The quantitative estimate of drug-likeness (QED) is 0.384. The number of ketones is 1. The van der Waals surface area contributed by atoms with Gasteiger partial charge in [0.2, 0.25) is 0 Å². The second kappa shape index (κ2) is 7.39. The van der Waals surface area contributed by atoms with Gasteiger partial charge in [-0.1, -0.05) is 30.3 Å². The lowest BCUT2D eigenvalue weighted by molar-refractivity contribution is -0.135. The van der Waals surface area contributed by atoms with E-state index in [1.54, 1.807) is 4.57 Å². The zero-order valence-electron chi connectivity index (χ0n) is 14.5. The third kappa shape index (κ3) is 3.31. The molecule has 3 rings (SSSR count). The lowest BCUT2D eigenvalue weighted by atomic mass is 10.1. The molecule has 2 aromatic carbocycles. The van der Waals surface area contributed by atoms with Crippen molar-refractivity contribution in [3.8, 4) is 5.75 Å². The minimum atomic E-state index is -0.974. The van der Waals surface area contributed by atoms with Crippen molar-refractivity contribution in [2.45, 2.75) is 20.1 Å². The number of halogens is 1. The van der Waals surface area contributed by atoms with Crippen LogP contribution in [0.1, 0.15) is 22.8 Å². The molecule has 1 aromatic heterocycles. The summed E-state index contributed by atoms with van der Waals surface area (Å²) in [5, 5.41) is 0.402. The number of ether oxygens (including phenoxy) is 2. The third-order valence-electron chi connectivity index (χ3n) is 4.10. The summed E-state index contributed by atoms with van der Waals surface area (Å²) < 4.78 is 26.1. The van der Waals surface area contributed by atoms with Gasteiger partial charge in [-0.05, 0) is 18.6 Å². The molecule has 0 unspecified atom stereocenters. The molecule has 0 N–H and O–H groups in total. The second-order valence-corrected chi connectivity index (χ2v) is 5.72. The Morgan fingerprint density at radius 3 is 2.54 bits per heavy atom. The van der Waals surface area contributed by atoms with Crippen molar-refractivity contribution in [1.82, 2.24) is 4.57 Å². The largest absolute Gasteiger partial charge is 0.488 e. The van der Waals surface area contributed by atoms with E-state index >= 15 is 0 Å². The summed E-state index contributed by atoms with van der Waals surface area (Å²) in [6, 6.07) is 11.9. The number of benzene rings is 2. The molecular weight excluding hydrogens is 337 g/mol. The van der Waals surface area contributed by atoms with E-state index in [-0.39, 0.29) is 17.9 Å². The fourth-order valence-corrected chi connectivity index (χ4v) is 2.84. The van der Waals surface area contributed by atoms with Gasteiger partial charge in [-0.25, -0.2) is 9.18 Å². The molecule has 0 saturated carbocycles. The smallest absolute Gasteiger partial charge is 0.379 e. The van der Waals surface area contributed by atoms with Gasteiger partial charge in [0.05, 0.1) is 23.6 Å². The first-order valence-corrected chi connectivity index (χ1v) is 8.17. The average Bonchev–Trinajstić information content (AvgIpc) is 3.04. The van der Waals surface area contributed by atoms with E-state index in [2.05, 4.69) is 4.74 Å². The number of rotatable bonds is 6. The Bertz CT molecular complexity index is 963. The molecule has 0 spiro atoms. The topological polar surface area (TPSA) is 57.5 Å². The fraction of sp³-hybridized carbons (Fsp3) is 0.200. The van der Waals surface area contributed by atoms with Gasteiger partial charge in [-0.2, -0.15) is 0 Å². The Labute approximate surface area is 149 Å². The first kappa shape index (κ1) is 17.7. The summed E-state index contributed by atoms with van der Waals surface area (Å²) in [4.78, 5) is 24.1. The van der Waals surface area contributed by atoms with Crippen molar-refractivity contribution in [3.63, 3.8) is 0 Å². The highest BCUT2D eigenvalue weighted by atomic mass is 19.1. The van der Waals surface area contributed by atoms with Crippen LogP contribution in [0.5, 0.6) is 5.75 Å². The molecule has 0 fully saturated rings. The van der Waals surface area contributed by atoms with Crippen LogP contribution in [-0.2, 0) is 22.7 Å². The molecule has 0 saturated heterocycles. The predicted octanol–water partition coefficient (Wildman–Crippen LogP) is 3.74. The minimum Gasteiger partial charge on any atom is -0.488 e. The van der Waals surface area contributed by atoms with Crippen LogP contribution in [0, 0.1) is 5.82 Å². The number of Topliss-reactive ketones (excluding diaryl/α,β-unsaturated/α-hetero) is 1. The maximum absolute atomic E-state index is 14.1. The van der Waals surface area contributed by atoms with Crippen molar-refractivity contribution in [2.24, 2.45) is 0 Å². The van der Waals surface area contributed by atoms with Gasteiger partial charge in [0.1, 0.15) is 18.2 Å². The lowest BCUT2D eigenvalue weighted by Crippen LogP contribution is -2.15. The molecule has 5 nitrogen and oxygen atoms in total. The molecule has 0 aliphatic carbocycles. The van der Waals surface area contributed by atoms with E-state index in [0.29, 0.717) is 17.4 Å². The number of carbonyl (C=O) groups is 2. The SMILES string of the molecule is CCn1cc(C(=O)C(=O)OC)c2c(OCc3ccccc3)cc(F)cc21. The number of hydrogen-bond acceptors (Lipinski definition) is 4. The number of hydrogen-bond donors (Lipinski definition) is 0. The molecule has 26 heavy (non-hydrogen) atoms. The Morgan fingerprint density at radius 2 is 1.88 bits per heavy atom. The minimum absolute atomic E-state index is 0.136. The maximum atomic E-state index is 14.1. The molecule has 0 aliphatic rings. The van der Waals surface area contributed by atoms with Crippen molar-refractivity contribution in [2.75, 3.05) is 7.11 Å². The van der Waals surface area contributed by atoms with E-state index in [9.17, 15) is 14.0 Å². The van der Waals surface area contributed by atoms with Crippen LogP contribution in [0.4, 0.5) is 4.39 Å². The van der Waals surface area contributed by atoms with Crippen molar-refractivity contribution >= 4 is 22.7 Å². The molecular formula is C20H18FNO4. The highest BCUT2D eigenvalue weighted by Gasteiger charge is 2.25. The van der Waals surface area contributed by atoms with E-state index in [4.69, 9.17) is 4.74 Å². The van der Waals surface area contributed by atoms with E-state index in [1.807, 2.05) is 37.3 Å². The van der Waals surface area contributed by atoms with Gasteiger partial charge in [0.25, 0.3) is 5.78 Å². The Hall–Kier alpha value is -3.15. The molecule has 0 aliphatic heterocycles. The van der Waals surface area contributed by atoms with Gasteiger partial charge in [-0.15, -0.1) is 0 Å². The highest BCUT2D eigenvalue weighted by Crippen LogP contribution is 2.33. The van der Waals surface area contributed by atoms with Crippen molar-refractivity contribution < 1.29 is 23.5 Å². The lowest BCUT2D eigenvalue weighted by Gasteiger charge is -2.10. The number of fused-ring (bicyclic) bond motifs is 1. The Balaban J connectivity index is 2.10. The van der Waals surface area contributed by atoms with Gasteiger partial charge >= 0.3 is 5.97 Å². The number of aryl methyl sites for hydroxylation is 1. The fourth-order valence-electron chi connectivity index (χ4n) is 2.84. The molecule has 6 heteroatoms. The summed E-state index contributed by atoms with van der Waals surface area (Å²) in [6.45, 7) is 2.58. The van der Waals surface area contributed by atoms with Crippen LogP contribution in [0.2, 0.25) is 0 Å². The van der Waals surface area contributed by atoms with Gasteiger partial charge in [0, 0.05) is 18.8 Å². The standard InChI is InChI=1S/C20H18FNO4/c1-3-22-11-15(19(23)20(24)25-2)18-16(22)9-14(21)10-17(18)26-12-13-7-5-4-6-8-13/h4-11H,3,12H2,1-2H3. The average molecular weight is 355 g/mol. The first-order valence-electron chi connectivity index (χ1n) is 8.17. The Kier molecular flexibility index (Phi) is 5.02. The number of methoxy groups -OCH3 is 1. The summed E-state index contributed by atoms with van der Waals surface area (Å²) in [5.74, 6) is -2.03. The summed E-state index contributed by atoms with van der Waals surface area (Å²) in [5.41, 5.74) is 1.53. The number of aromatic nitrogens is 1. The number of nitrogens with zero attached hydrogens (tertiary/aromatic N) is 1. The number of carbonyl (C=O) groups excluding carboxylic acids is 2. The van der Waals surface area contributed by atoms with E-state index < -0.39 is 17.6 Å². The van der Waals surface area contributed by atoms with Gasteiger partial charge < -0.3 is 14.0 Å². The first-order chi connectivity index (χ1) is 12.5. The second-order valence-electron chi connectivity index (χ2n) is 5.72. The van der Waals surface area contributed by atoms with Crippen LogP contribution in [0.15, 0.2) is 48.7 Å². The zero-order valence-corrected chi connectivity index (χ0v) is 14.5. The third-order valence-corrected chi connectivity index (χ3v) is 4.10. The van der Waals surface area contributed by atoms with Crippen molar-refractivity contribution in [3.05, 3.63) is 65.6 Å². The summed E-state index contributed by atoms with van der Waals surface area (Å²) in [6.07, 6.45) is 1.53. The highest BCUT2D eigenvalue weighted by molar-refractivity contribution is 6.43. The van der Waals surface area contributed by atoms with Crippen LogP contribution in [0.25, 0.3) is 10.9 Å². The predicted molar refractivity (Wildman–Crippen MR) is 94.7 cm³/mol. The summed E-state index contributed by atoms with van der Waals surface area (Å²) in [7, 11) is 1.14. The normalized spacial score (nSPS) is 10.7. The van der Waals surface area contributed by atoms with Gasteiger partial charge in [0.15, 0.2) is 0 Å². The zero-order chi connectivity index (χ0) is 18.7. The molecule has 0 atom stereocenters. The maximum Gasteiger partial charge on any atom is 0.379 e. The van der Waals surface area contributed by atoms with Gasteiger partial charge in [-0.3, -0.25) is 4.79 Å². The number of esters is 1. The van der Waals surface area contributed by atoms with Crippen LogP contribution < -0.4 is 4.74 Å². The monoisotopic (exact) mass is 355 g/mol. The van der Waals surface area contributed by atoms with E-state index in [0.717, 1.165) is 12.7 Å². The molecule has 1 heterocycles. The van der Waals surface area contributed by atoms with Crippen LogP contribution >= 0.6 is 0 Å². The molecule has 3 aromatic rings. The van der Waals surface area contributed by atoms with E-state index in [1.165, 1.54) is 18.3 Å². The van der Waals surface area contributed by atoms with Crippen LogP contribution in [-0.4, -0.2) is 23.4 Å². The van der Waals surface area contributed by atoms with Crippen molar-refractivity contribution in [1.29, 1.82) is 0 Å². The molecule has 0 bridgehead atoms. The summed E-state index contributed by atoms with van der Waals surface area (Å²) >= 11 is 0. The molecule has 0 amide bonds. The molecule has 0 radical (unpaired) electrons.